The lowest BCUT2D eigenvalue weighted by atomic mass is 10.1. The van der Waals surface area contributed by atoms with E-state index in [0.29, 0.717) is 5.82 Å². The number of carbonyl (C=O) groups is 1. The zero-order valence-electron chi connectivity index (χ0n) is 17.6. The Hall–Kier alpha value is -3.73. The predicted molar refractivity (Wildman–Crippen MR) is 120 cm³/mol. The Morgan fingerprint density at radius 1 is 0.833 bits per heavy atom. The molecule has 5 nitrogen and oxygen atoms in total. The van der Waals surface area contributed by atoms with E-state index in [-0.39, 0.29) is 11.7 Å². The van der Waals surface area contributed by atoms with Crippen molar-refractivity contribution in [1.82, 2.24) is 14.8 Å². The maximum Gasteiger partial charge on any atom is 0.295 e. The third-order valence-electron chi connectivity index (χ3n) is 5.13. The van der Waals surface area contributed by atoms with Gasteiger partial charge < -0.3 is 5.32 Å². The minimum atomic E-state index is -0.337. The van der Waals surface area contributed by atoms with Crippen molar-refractivity contribution >= 4 is 11.6 Å². The highest BCUT2D eigenvalue weighted by atomic mass is 16.2. The fourth-order valence-corrected chi connectivity index (χ4v) is 3.24. The van der Waals surface area contributed by atoms with Crippen LogP contribution in [0.4, 0.5) is 5.69 Å². The van der Waals surface area contributed by atoms with Crippen LogP contribution in [0.2, 0.25) is 0 Å². The summed E-state index contributed by atoms with van der Waals surface area (Å²) in [5.74, 6) is 0.425. The fraction of sp³-hybridized carbons (Fsp3) is 0.160. The molecule has 0 radical (unpaired) electrons. The molecule has 3 aromatic carbocycles. The molecule has 30 heavy (non-hydrogen) atoms. The Morgan fingerprint density at radius 2 is 1.60 bits per heavy atom. The summed E-state index contributed by atoms with van der Waals surface area (Å²) < 4.78 is 1.74. The van der Waals surface area contributed by atoms with Crippen LogP contribution in [0.5, 0.6) is 0 Å². The maximum absolute atomic E-state index is 12.9. The van der Waals surface area contributed by atoms with Gasteiger partial charge in [0.25, 0.3) is 5.91 Å². The van der Waals surface area contributed by atoms with Gasteiger partial charge in [-0.3, -0.25) is 4.79 Å². The van der Waals surface area contributed by atoms with Crippen molar-refractivity contribution in [3.8, 4) is 17.1 Å². The molecule has 0 aliphatic rings. The van der Waals surface area contributed by atoms with Crippen LogP contribution in [-0.4, -0.2) is 20.7 Å². The lowest BCUT2D eigenvalue weighted by molar-refractivity contribution is 0.101. The van der Waals surface area contributed by atoms with Crippen molar-refractivity contribution in [3.63, 3.8) is 0 Å². The standard InChI is InChI=1S/C25H24N4O/c1-16-8-11-20(12-9-16)24-27-23(25(30)26-21-7-5-6-17(2)14-21)28-29(24)22-13-10-18(3)19(4)15-22/h5-15H,1-4H3,(H,26,30). The Balaban J connectivity index is 1.77. The second kappa shape index (κ2) is 7.95. The Kier molecular flexibility index (Phi) is 5.19. The summed E-state index contributed by atoms with van der Waals surface area (Å²) >= 11 is 0. The van der Waals surface area contributed by atoms with Crippen LogP contribution in [0.3, 0.4) is 0 Å². The number of nitrogens with zero attached hydrogens (tertiary/aromatic N) is 3. The molecule has 0 aliphatic carbocycles. The van der Waals surface area contributed by atoms with Gasteiger partial charge in [-0.15, -0.1) is 5.10 Å². The van der Waals surface area contributed by atoms with Gasteiger partial charge in [0.2, 0.25) is 5.82 Å². The smallest absolute Gasteiger partial charge is 0.295 e. The number of rotatable bonds is 4. The largest absolute Gasteiger partial charge is 0.319 e. The van der Waals surface area contributed by atoms with Gasteiger partial charge in [0.15, 0.2) is 5.82 Å². The molecule has 5 heteroatoms. The topological polar surface area (TPSA) is 59.8 Å². The molecule has 0 bridgehead atoms. The number of amides is 1. The van der Waals surface area contributed by atoms with Gasteiger partial charge >= 0.3 is 0 Å². The second-order valence-electron chi connectivity index (χ2n) is 7.63. The summed E-state index contributed by atoms with van der Waals surface area (Å²) in [6.07, 6.45) is 0. The molecule has 4 aromatic rings. The molecule has 0 spiro atoms. The molecule has 0 unspecified atom stereocenters. The van der Waals surface area contributed by atoms with Crippen LogP contribution < -0.4 is 5.32 Å². The molecule has 1 N–H and O–H groups in total. The van der Waals surface area contributed by atoms with Crippen LogP contribution >= 0.6 is 0 Å². The van der Waals surface area contributed by atoms with Crippen molar-refractivity contribution in [2.75, 3.05) is 5.32 Å². The second-order valence-corrected chi connectivity index (χ2v) is 7.63. The molecule has 4 rings (SSSR count). The molecular formula is C25H24N4O. The van der Waals surface area contributed by atoms with Gasteiger partial charge in [0, 0.05) is 11.3 Å². The predicted octanol–water partition coefficient (Wildman–Crippen LogP) is 5.42. The summed E-state index contributed by atoms with van der Waals surface area (Å²) in [7, 11) is 0. The summed E-state index contributed by atoms with van der Waals surface area (Å²) in [4.78, 5) is 17.5. The van der Waals surface area contributed by atoms with Gasteiger partial charge in [-0.25, -0.2) is 9.67 Å². The summed E-state index contributed by atoms with van der Waals surface area (Å²) in [6, 6.07) is 21.8. The van der Waals surface area contributed by atoms with Crippen LogP contribution in [0.25, 0.3) is 17.1 Å². The van der Waals surface area contributed by atoms with Crippen LogP contribution in [0, 0.1) is 27.7 Å². The van der Waals surface area contributed by atoms with Crippen LogP contribution in [0.1, 0.15) is 32.9 Å². The van der Waals surface area contributed by atoms with E-state index in [1.807, 2.05) is 68.4 Å². The molecule has 0 aliphatic heterocycles. The highest BCUT2D eigenvalue weighted by molar-refractivity contribution is 6.01. The van der Waals surface area contributed by atoms with Crippen molar-refractivity contribution in [3.05, 3.63) is 94.8 Å². The number of hydrogen-bond donors (Lipinski definition) is 1. The molecule has 1 amide bonds. The van der Waals surface area contributed by atoms with E-state index in [1.165, 1.54) is 5.56 Å². The first-order valence-electron chi connectivity index (χ1n) is 9.90. The zero-order valence-corrected chi connectivity index (χ0v) is 17.6. The van der Waals surface area contributed by atoms with Crippen molar-refractivity contribution < 1.29 is 4.79 Å². The van der Waals surface area contributed by atoms with Gasteiger partial charge in [-0.1, -0.05) is 48.0 Å². The van der Waals surface area contributed by atoms with Gasteiger partial charge in [0.1, 0.15) is 0 Å². The Bertz CT molecular complexity index is 1220. The highest BCUT2D eigenvalue weighted by Gasteiger charge is 2.19. The Morgan fingerprint density at radius 3 is 2.30 bits per heavy atom. The fourth-order valence-electron chi connectivity index (χ4n) is 3.24. The van der Waals surface area contributed by atoms with E-state index in [9.17, 15) is 4.79 Å². The molecule has 0 saturated heterocycles. The van der Waals surface area contributed by atoms with Crippen molar-refractivity contribution in [2.45, 2.75) is 27.7 Å². The van der Waals surface area contributed by atoms with E-state index < -0.39 is 0 Å². The zero-order chi connectivity index (χ0) is 21.3. The summed E-state index contributed by atoms with van der Waals surface area (Å²) in [5.41, 5.74) is 7.09. The first-order chi connectivity index (χ1) is 14.4. The van der Waals surface area contributed by atoms with E-state index in [0.717, 1.165) is 33.6 Å². The third kappa shape index (κ3) is 4.01. The number of nitrogens with one attached hydrogen (secondary N) is 1. The molecule has 1 aromatic heterocycles. The quantitative estimate of drug-likeness (QED) is 0.501. The summed E-state index contributed by atoms with van der Waals surface area (Å²) in [5, 5.41) is 7.46. The highest BCUT2D eigenvalue weighted by Crippen LogP contribution is 2.23. The lowest BCUT2D eigenvalue weighted by Crippen LogP contribution is -2.14. The lowest BCUT2D eigenvalue weighted by Gasteiger charge is -2.08. The minimum absolute atomic E-state index is 0.130. The van der Waals surface area contributed by atoms with E-state index in [4.69, 9.17) is 0 Å². The number of hydrogen-bond acceptors (Lipinski definition) is 3. The van der Waals surface area contributed by atoms with E-state index in [1.54, 1.807) is 4.68 Å². The van der Waals surface area contributed by atoms with Crippen LogP contribution in [-0.2, 0) is 0 Å². The van der Waals surface area contributed by atoms with Crippen LogP contribution in [0.15, 0.2) is 66.7 Å². The number of benzene rings is 3. The number of aryl methyl sites for hydroxylation is 4. The average Bonchev–Trinajstić information content (AvgIpc) is 3.16. The SMILES string of the molecule is Cc1ccc(-c2nc(C(=O)Nc3cccc(C)c3)nn2-c2ccc(C)c(C)c2)cc1. The molecule has 1 heterocycles. The number of aromatic nitrogens is 3. The van der Waals surface area contributed by atoms with Gasteiger partial charge in [-0.2, -0.15) is 0 Å². The van der Waals surface area contributed by atoms with E-state index in [2.05, 4.69) is 41.4 Å². The number of anilines is 1. The summed E-state index contributed by atoms with van der Waals surface area (Å²) in [6.45, 7) is 8.16. The maximum atomic E-state index is 12.9. The molecule has 0 fully saturated rings. The first kappa shape index (κ1) is 19.6. The number of carbonyl (C=O) groups excluding carboxylic acids is 1. The van der Waals surface area contributed by atoms with Gasteiger partial charge in [-0.05, 0) is 68.7 Å². The Labute approximate surface area is 176 Å². The van der Waals surface area contributed by atoms with Crippen molar-refractivity contribution in [1.29, 1.82) is 0 Å². The first-order valence-corrected chi connectivity index (χ1v) is 9.90. The monoisotopic (exact) mass is 396 g/mol. The van der Waals surface area contributed by atoms with E-state index >= 15 is 0 Å². The molecule has 150 valence electrons. The third-order valence-corrected chi connectivity index (χ3v) is 5.13. The normalized spacial score (nSPS) is 10.8. The average molecular weight is 396 g/mol. The van der Waals surface area contributed by atoms with Gasteiger partial charge in [0.05, 0.1) is 5.69 Å². The minimum Gasteiger partial charge on any atom is -0.319 e. The molecule has 0 saturated carbocycles. The van der Waals surface area contributed by atoms with Crippen molar-refractivity contribution in [2.24, 2.45) is 0 Å². The molecule has 0 atom stereocenters. The molecular weight excluding hydrogens is 372 g/mol.